The van der Waals surface area contributed by atoms with Crippen molar-refractivity contribution < 1.29 is 9.53 Å². The zero-order valence-corrected chi connectivity index (χ0v) is 14.0. The summed E-state index contributed by atoms with van der Waals surface area (Å²) in [4.78, 5) is 12.2. The highest BCUT2D eigenvalue weighted by Crippen LogP contribution is 2.29. The molecule has 4 nitrogen and oxygen atoms in total. The highest BCUT2D eigenvalue weighted by Gasteiger charge is 2.22. The maximum atomic E-state index is 12.2. The van der Waals surface area contributed by atoms with Crippen LogP contribution in [0.2, 0.25) is 0 Å². The van der Waals surface area contributed by atoms with E-state index in [1.54, 1.807) is 0 Å². The molecule has 2 atom stereocenters. The van der Waals surface area contributed by atoms with Crippen LogP contribution in [-0.2, 0) is 4.79 Å². The van der Waals surface area contributed by atoms with Crippen molar-refractivity contribution in [1.82, 2.24) is 10.6 Å². The number of piperidine rings is 1. The van der Waals surface area contributed by atoms with E-state index in [-0.39, 0.29) is 18.6 Å². The number of nitrogens with one attached hydrogen (secondary N) is 2. The topological polar surface area (TPSA) is 50.4 Å². The first-order valence-corrected chi connectivity index (χ1v) is 8.51. The van der Waals surface area contributed by atoms with Gasteiger partial charge in [0.15, 0.2) is 6.61 Å². The highest BCUT2D eigenvalue weighted by molar-refractivity contribution is 5.78. The second-order valence-electron chi connectivity index (χ2n) is 6.29. The summed E-state index contributed by atoms with van der Waals surface area (Å²) in [5.74, 6) is 1.12. The minimum Gasteiger partial charge on any atom is -0.483 e. The van der Waals surface area contributed by atoms with Gasteiger partial charge in [-0.15, -0.1) is 0 Å². The molecule has 0 spiro atoms. The molecule has 3 rings (SSSR count). The Hall–Kier alpha value is -2.33. The van der Waals surface area contributed by atoms with Crippen molar-refractivity contribution in [3.63, 3.8) is 0 Å². The summed E-state index contributed by atoms with van der Waals surface area (Å²) in [6.45, 7) is 4.10. The van der Waals surface area contributed by atoms with Crippen LogP contribution in [0.1, 0.15) is 13.3 Å². The third kappa shape index (κ3) is 4.15. The summed E-state index contributed by atoms with van der Waals surface area (Å²) < 4.78 is 5.80. The van der Waals surface area contributed by atoms with Crippen molar-refractivity contribution in [3.05, 3.63) is 54.6 Å². The third-order valence-corrected chi connectivity index (χ3v) is 4.46. The molecule has 1 aliphatic heterocycles. The number of amides is 1. The fraction of sp³-hybridized carbons (Fsp3) is 0.350. The lowest BCUT2D eigenvalue weighted by Gasteiger charge is -2.30. The predicted molar refractivity (Wildman–Crippen MR) is 96.0 cm³/mol. The molecule has 2 unspecified atom stereocenters. The Morgan fingerprint density at radius 3 is 2.71 bits per heavy atom. The number of benzene rings is 2. The Morgan fingerprint density at radius 2 is 1.92 bits per heavy atom. The molecule has 24 heavy (non-hydrogen) atoms. The first-order chi connectivity index (χ1) is 11.7. The van der Waals surface area contributed by atoms with E-state index in [4.69, 9.17) is 4.74 Å². The standard InChI is InChI=1S/C20H24N2O2/c1-15-13-21-12-11-18(15)22-20(23)14-24-19-10-6-5-9-17(19)16-7-3-2-4-8-16/h2-10,15,18,21H,11-14H2,1H3,(H,22,23). The molecule has 126 valence electrons. The molecule has 2 aromatic carbocycles. The monoisotopic (exact) mass is 324 g/mol. The van der Waals surface area contributed by atoms with Crippen molar-refractivity contribution in [3.8, 4) is 16.9 Å². The highest BCUT2D eigenvalue weighted by atomic mass is 16.5. The van der Waals surface area contributed by atoms with Gasteiger partial charge in [0.1, 0.15) is 5.75 Å². The summed E-state index contributed by atoms with van der Waals surface area (Å²) >= 11 is 0. The van der Waals surface area contributed by atoms with Gasteiger partial charge in [0.2, 0.25) is 0 Å². The molecule has 1 amide bonds. The van der Waals surface area contributed by atoms with E-state index in [1.807, 2.05) is 54.6 Å². The summed E-state index contributed by atoms with van der Waals surface area (Å²) in [6, 6.07) is 18.1. The van der Waals surface area contributed by atoms with Crippen molar-refractivity contribution in [2.45, 2.75) is 19.4 Å². The molecule has 0 radical (unpaired) electrons. The molecule has 2 aromatic rings. The SMILES string of the molecule is CC1CNCCC1NC(=O)COc1ccccc1-c1ccccc1. The number of rotatable bonds is 5. The van der Waals surface area contributed by atoms with Gasteiger partial charge < -0.3 is 15.4 Å². The zero-order valence-electron chi connectivity index (χ0n) is 14.0. The van der Waals surface area contributed by atoms with Crippen molar-refractivity contribution >= 4 is 5.91 Å². The van der Waals surface area contributed by atoms with Crippen molar-refractivity contribution in [2.24, 2.45) is 5.92 Å². The molecular formula is C20H24N2O2. The number of hydrogen-bond acceptors (Lipinski definition) is 3. The average molecular weight is 324 g/mol. The van der Waals surface area contributed by atoms with Crippen LogP contribution < -0.4 is 15.4 Å². The van der Waals surface area contributed by atoms with Crippen molar-refractivity contribution in [2.75, 3.05) is 19.7 Å². The number of carbonyl (C=O) groups is 1. The summed E-state index contributed by atoms with van der Waals surface area (Å²) in [6.07, 6.45) is 0.966. The lowest BCUT2D eigenvalue weighted by molar-refractivity contribution is -0.124. The molecule has 0 aliphatic carbocycles. The summed E-state index contributed by atoms with van der Waals surface area (Å²) in [5.41, 5.74) is 2.08. The average Bonchev–Trinajstić information content (AvgIpc) is 2.63. The van der Waals surface area contributed by atoms with Gasteiger partial charge in [-0.3, -0.25) is 4.79 Å². The Morgan fingerprint density at radius 1 is 1.17 bits per heavy atom. The molecule has 1 fully saturated rings. The van der Waals surface area contributed by atoms with Gasteiger partial charge in [-0.05, 0) is 37.1 Å². The number of hydrogen-bond donors (Lipinski definition) is 2. The Kier molecular flexibility index (Phi) is 5.49. The number of carbonyl (C=O) groups excluding carboxylic acids is 1. The Labute approximate surface area is 143 Å². The Balaban J connectivity index is 1.61. The van der Waals surface area contributed by atoms with Gasteiger partial charge in [-0.25, -0.2) is 0 Å². The predicted octanol–water partition coefficient (Wildman–Crippen LogP) is 2.85. The normalized spacial score (nSPS) is 20.4. The first kappa shape index (κ1) is 16.5. The largest absolute Gasteiger partial charge is 0.483 e. The van der Waals surface area contributed by atoms with Crippen LogP contribution in [0.25, 0.3) is 11.1 Å². The number of ether oxygens (including phenoxy) is 1. The third-order valence-electron chi connectivity index (χ3n) is 4.46. The van der Waals surface area contributed by atoms with E-state index < -0.39 is 0 Å². The molecule has 1 heterocycles. The zero-order chi connectivity index (χ0) is 16.8. The van der Waals surface area contributed by atoms with Crippen LogP contribution in [0, 0.1) is 5.92 Å². The maximum absolute atomic E-state index is 12.2. The van der Waals surface area contributed by atoms with Crippen LogP contribution in [0.5, 0.6) is 5.75 Å². The molecule has 1 saturated heterocycles. The molecule has 0 aromatic heterocycles. The molecule has 0 saturated carbocycles. The quantitative estimate of drug-likeness (QED) is 0.889. The van der Waals surface area contributed by atoms with Crippen molar-refractivity contribution in [1.29, 1.82) is 0 Å². The van der Waals surface area contributed by atoms with E-state index in [1.165, 1.54) is 0 Å². The molecular weight excluding hydrogens is 300 g/mol. The fourth-order valence-electron chi connectivity index (χ4n) is 3.07. The molecule has 0 bridgehead atoms. The lowest BCUT2D eigenvalue weighted by Crippen LogP contribution is -2.49. The lowest BCUT2D eigenvalue weighted by atomic mass is 9.95. The van der Waals surface area contributed by atoms with Gasteiger partial charge in [0, 0.05) is 11.6 Å². The van der Waals surface area contributed by atoms with Gasteiger partial charge in [-0.1, -0.05) is 55.5 Å². The van der Waals surface area contributed by atoms with Gasteiger partial charge >= 0.3 is 0 Å². The van der Waals surface area contributed by atoms with Crippen LogP contribution in [0.3, 0.4) is 0 Å². The minimum atomic E-state index is -0.0587. The smallest absolute Gasteiger partial charge is 0.258 e. The second-order valence-corrected chi connectivity index (χ2v) is 6.29. The first-order valence-electron chi connectivity index (χ1n) is 8.51. The molecule has 2 N–H and O–H groups in total. The fourth-order valence-corrected chi connectivity index (χ4v) is 3.07. The van der Waals surface area contributed by atoms with Gasteiger partial charge in [0.05, 0.1) is 0 Å². The minimum absolute atomic E-state index is 0.0422. The molecule has 1 aliphatic rings. The maximum Gasteiger partial charge on any atom is 0.258 e. The molecule has 4 heteroatoms. The number of para-hydroxylation sites is 1. The van der Waals surface area contributed by atoms with E-state index in [0.29, 0.717) is 5.92 Å². The van der Waals surface area contributed by atoms with E-state index in [2.05, 4.69) is 17.6 Å². The summed E-state index contributed by atoms with van der Waals surface area (Å²) in [5, 5.41) is 6.43. The van der Waals surface area contributed by atoms with E-state index >= 15 is 0 Å². The second kappa shape index (κ2) is 7.97. The van der Waals surface area contributed by atoms with Crippen LogP contribution in [0.4, 0.5) is 0 Å². The van der Waals surface area contributed by atoms with E-state index in [0.717, 1.165) is 36.4 Å². The van der Waals surface area contributed by atoms with E-state index in [9.17, 15) is 4.79 Å². The Bertz CT molecular complexity index is 672. The van der Waals surface area contributed by atoms with Crippen LogP contribution in [0.15, 0.2) is 54.6 Å². The van der Waals surface area contributed by atoms with Gasteiger partial charge in [-0.2, -0.15) is 0 Å². The van der Waals surface area contributed by atoms with Gasteiger partial charge in [0.25, 0.3) is 5.91 Å². The van der Waals surface area contributed by atoms with Crippen LogP contribution >= 0.6 is 0 Å². The van der Waals surface area contributed by atoms with Crippen LogP contribution in [-0.4, -0.2) is 31.6 Å². The summed E-state index contributed by atoms with van der Waals surface area (Å²) in [7, 11) is 0.